The van der Waals surface area contributed by atoms with Crippen LogP contribution in [0.5, 0.6) is 11.5 Å². The first kappa shape index (κ1) is 25.7. The van der Waals surface area contributed by atoms with Crippen LogP contribution in [0.4, 0.5) is 0 Å². The van der Waals surface area contributed by atoms with Gasteiger partial charge in [0.2, 0.25) is 5.82 Å². The van der Waals surface area contributed by atoms with Gasteiger partial charge >= 0.3 is 0 Å². The van der Waals surface area contributed by atoms with E-state index in [0.717, 1.165) is 10.9 Å². The van der Waals surface area contributed by atoms with Crippen LogP contribution in [-0.4, -0.2) is 23.0 Å². The highest BCUT2D eigenvalue weighted by molar-refractivity contribution is 6.31. The second-order valence-corrected chi connectivity index (χ2v) is 9.74. The fourth-order valence-corrected chi connectivity index (χ4v) is 4.66. The summed E-state index contributed by atoms with van der Waals surface area (Å²) in [6, 6.07) is 27.1. The summed E-state index contributed by atoms with van der Waals surface area (Å²) in [5, 5.41) is 6.95. The molecule has 198 valence electrons. The Balaban J connectivity index is 1.37. The smallest absolute Gasteiger partial charge is 0.282 e. The van der Waals surface area contributed by atoms with Crippen molar-refractivity contribution in [3.05, 3.63) is 123 Å². The van der Waals surface area contributed by atoms with Crippen molar-refractivity contribution in [1.29, 1.82) is 0 Å². The molecule has 0 aliphatic rings. The largest absolute Gasteiger partial charge is 0.493 e. The molecule has 7 nitrogen and oxygen atoms in total. The number of hydrogen-bond donors (Lipinski definition) is 0. The topological polar surface area (TPSA) is 78.9 Å². The zero-order valence-corrected chi connectivity index (χ0v) is 22.7. The van der Waals surface area contributed by atoms with Crippen molar-refractivity contribution in [3.8, 4) is 23.1 Å². The summed E-state index contributed by atoms with van der Waals surface area (Å²) in [4.78, 5) is 18.2. The Kier molecular flexibility index (Phi) is 6.99. The summed E-state index contributed by atoms with van der Waals surface area (Å²) in [5.74, 6) is 1.71. The van der Waals surface area contributed by atoms with Gasteiger partial charge in [-0.3, -0.25) is 4.79 Å². The van der Waals surface area contributed by atoms with Gasteiger partial charge in [0.05, 0.1) is 24.2 Å². The summed E-state index contributed by atoms with van der Waals surface area (Å²) in [5.41, 5.74) is 2.37. The molecule has 0 atom stereocenters. The molecule has 2 heterocycles. The quantitative estimate of drug-likeness (QED) is 0.185. The standard InChI is InChI=1S/C31H21Cl2N3O4/c1-38-28-14-19(10-12-27(28)39-18-20-6-2-4-8-24(20)33)17-34-36-30(35-25-9-5-3-7-23(25)31(36)37)29-16-21-15-22(32)11-13-26(21)40-29/h2-17H,18H2,1H3. The van der Waals surface area contributed by atoms with E-state index in [0.29, 0.717) is 49.4 Å². The van der Waals surface area contributed by atoms with E-state index in [4.69, 9.17) is 42.1 Å². The second-order valence-electron chi connectivity index (χ2n) is 8.90. The van der Waals surface area contributed by atoms with E-state index in [1.165, 1.54) is 4.68 Å². The minimum absolute atomic E-state index is 0.263. The maximum atomic E-state index is 13.5. The third-order valence-electron chi connectivity index (χ3n) is 6.30. The van der Waals surface area contributed by atoms with Gasteiger partial charge in [0.25, 0.3) is 5.56 Å². The zero-order chi connectivity index (χ0) is 27.6. The SMILES string of the molecule is COc1cc(C=Nn2c(-c3cc4cc(Cl)ccc4o3)nc3ccccc3c2=O)ccc1OCc1ccccc1Cl. The molecule has 6 aromatic rings. The fraction of sp³-hybridized carbons (Fsp3) is 0.0645. The Morgan fingerprint density at radius 2 is 1.77 bits per heavy atom. The summed E-state index contributed by atoms with van der Waals surface area (Å²) >= 11 is 12.4. The Hall–Kier alpha value is -4.59. The van der Waals surface area contributed by atoms with Crippen LogP contribution in [0.1, 0.15) is 11.1 Å². The highest BCUT2D eigenvalue weighted by atomic mass is 35.5. The normalized spacial score (nSPS) is 11.5. The predicted molar refractivity (Wildman–Crippen MR) is 158 cm³/mol. The second kappa shape index (κ2) is 10.9. The lowest BCUT2D eigenvalue weighted by atomic mass is 10.2. The number of benzene rings is 4. The summed E-state index contributed by atoms with van der Waals surface area (Å²) in [6.07, 6.45) is 1.56. The van der Waals surface area contributed by atoms with E-state index in [-0.39, 0.29) is 18.0 Å². The Labute approximate surface area is 238 Å². The summed E-state index contributed by atoms with van der Waals surface area (Å²) < 4.78 is 18.8. The highest BCUT2D eigenvalue weighted by Gasteiger charge is 2.17. The Morgan fingerprint density at radius 1 is 0.950 bits per heavy atom. The van der Waals surface area contributed by atoms with E-state index in [1.807, 2.05) is 36.4 Å². The third-order valence-corrected chi connectivity index (χ3v) is 6.91. The minimum Gasteiger partial charge on any atom is -0.493 e. The van der Waals surface area contributed by atoms with Crippen molar-refractivity contribution in [2.24, 2.45) is 5.10 Å². The average molecular weight is 570 g/mol. The van der Waals surface area contributed by atoms with Crippen molar-refractivity contribution in [3.63, 3.8) is 0 Å². The number of nitrogens with zero attached hydrogens (tertiary/aromatic N) is 3. The molecule has 0 N–H and O–H groups in total. The molecule has 0 unspecified atom stereocenters. The molecule has 40 heavy (non-hydrogen) atoms. The lowest BCUT2D eigenvalue weighted by Crippen LogP contribution is -2.20. The predicted octanol–water partition coefficient (Wildman–Crippen LogP) is 7.59. The zero-order valence-electron chi connectivity index (χ0n) is 21.2. The first-order chi connectivity index (χ1) is 19.5. The molecule has 0 radical (unpaired) electrons. The number of halogens is 2. The average Bonchev–Trinajstić information content (AvgIpc) is 3.39. The molecule has 0 saturated heterocycles. The lowest BCUT2D eigenvalue weighted by molar-refractivity contribution is 0.284. The molecule has 4 aromatic carbocycles. The molecule has 6 rings (SSSR count). The van der Waals surface area contributed by atoms with Crippen molar-refractivity contribution in [2.45, 2.75) is 6.61 Å². The van der Waals surface area contributed by atoms with Crippen molar-refractivity contribution in [1.82, 2.24) is 9.66 Å². The fourth-order valence-electron chi connectivity index (χ4n) is 4.29. The van der Waals surface area contributed by atoms with E-state index < -0.39 is 0 Å². The van der Waals surface area contributed by atoms with Crippen LogP contribution in [0.3, 0.4) is 0 Å². The van der Waals surface area contributed by atoms with E-state index in [1.54, 1.807) is 67.9 Å². The van der Waals surface area contributed by atoms with Gasteiger partial charge in [-0.15, -0.1) is 0 Å². The van der Waals surface area contributed by atoms with Crippen molar-refractivity contribution < 1.29 is 13.9 Å². The molecule has 0 bridgehead atoms. The molecule has 0 aliphatic carbocycles. The lowest BCUT2D eigenvalue weighted by Gasteiger charge is -2.12. The monoisotopic (exact) mass is 569 g/mol. The van der Waals surface area contributed by atoms with Crippen LogP contribution < -0.4 is 15.0 Å². The molecule has 0 aliphatic heterocycles. The van der Waals surface area contributed by atoms with Gasteiger partial charge in [0, 0.05) is 21.0 Å². The summed E-state index contributed by atoms with van der Waals surface area (Å²) in [7, 11) is 1.56. The van der Waals surface area contributed by atoms with Crippen LogP contribution in [-0.2, 0) is 6.61 Å². The number of rotatable bonds is 7. The number of hydrogen-bond acceptors (Lipinski definition) is 6. The third kappa shape index (κ3) is 5.04. The van der Waals surface area contributed by atoms with Gasteiger partial charge in [-0.05, 0) is 66.2 Å². The molecule has 2 aromatic heterocycles. The molecular weight excluding hydrogens is 549 g/mol. The maximum Gasteiger partial charge on any atom is 0.282 e. The molecule has 0 amide bonds. The molecule has 9 heteroatoms. The molecule has 0 spiro atoms. The number of aromatic nitrogens is 2. The van der Waals surface area contributed by atoms with Crippen LogP contribution in [0, 0.1) is 0 Å². The Morgan fingerprint density at radius 3 is 2.62 bits per heavy atom. The molecular formula is C31H21Cl2N3O4. The molecule has 0 saturated carbocycles. The number of methoxy groups -OCH3 is 1. The van der Waals surface area contributed by atoms with Crippen molar-refractivity contribution >= 4 is 51.3 Å². The summed E-state index contributed by atoms with van der Waals surface area (Å²) in [6.45, 7) is 0.285. The van der Waals surface area contributed by atoms with Gasteiger partial charge in [0.1, 0.15) is 12.2 Å². The number of fused-ring (bicyclic) bond motifs is 2. The number of para-hydroxylation sites is 1. The van der Waals surface area contributed by atoms with Crippen LogP contribution in [0.25, 0.3) is 33.5 Å². The number of ether oxygens (including phenoxy) is 2. The van der Waals surface area contributed by atoms with Crippen LogP contribution in [0.2, 0.25) is 10.0 Å². The Bertz CT molecular complexity index is 1960. The first-order valence-electron chi connectivity index (χ1n) is 12.3. The van der Waals surface area contributed by atoms with Gasteiger partial charge < -0.3 is 13.9 Å². The van der Waals surface area contributed by atoms with Gasteiger partial charge in [-0.2, -0.15) is 9.78 Å². The van der Waals surface area contributed by atoms with Gasteiger partial charge in [0.15, 0.2) is 17.3 Å². The van der Waals surface area contributed by atoms with E-state index in [2.05, 4.69) is 5.10 Å². The maximum absolute atomic E-state index is 13.5. The van der Waals surface area contributed by atoms with Gasteiger partial charge in [-0.1, -0.05) is 53.5 Å². The van der Waals surface area contributed by atoms with E-state index >= 15 is 0 Å². The highest BCUT2D eigenvalue weighted by Crippen LogP contribution is 2.31. The number of furan rings is 1. The molecule has 0 fully saturated rings. The van der Waals surface area contributed by atoms with Crippen LogP contribution >= 0.6 is 23.2 Å². The first-order valence-corrected chi connectivity index (χ1v) is 13.1. The van der Waals surface area contributed by atoms with Gasteiger partial charge in [-0.25, -0.2) is 4.98 Å². The van der Waals surface area contributed by atoms with E-state index in [9.17, 15) is 4.79 Å². The van der Waals surface area contributed by atoms with Crippen LogP contribution in [0.15, 0.2) is 105 Å². The minimum atomic E-state index is -0.331. The van der Waals surface area contributed by atoms with Crippen molar-refractivity contribution in [2.75, 3.05) is 7.11 Å².